The number of carbonyl (C=O) groups excluding carboxylic acids is 3. The van der Waals surface area contributed by atoms with Gasteiger partial charge in [0.1, 0.15) is 33.1 Å². The molecule has 4 atom stereocenters. The molecule has 14 rings (SSSR count). The minimum atomic E-state index is -4.37. The Morgan fingerprint density at radius 1 is 0.548 bits per heavy atom. The highest BCUT2D eigenvalue weighted by molar-refractivity contribution is 7.90. The summed E-state index contributed by atoms with van der Waals surface area (Å²) >= 11 is 12.3. The second-order valence-corrected chi connectivity index (χ2v) is 43.0. The molecule has 6 aromatic heterocycles. The molecule has 0 bridgehead atoms. The van der Waals surface area contributed by atoms with Crippen molar-refractivity contribution < 1.29 is 60.1 Å². The predicted octanol–water partition coefficient (Wildman–Crippen LogP) is 16.5. The number of carboxylic acids is 1. The number of pyridine rings is 4. The number of primary sulfonamides is 1. The number of fused-ring (bicyclic) bond motifs is 2. The van der Waals surface area contributed by atoms with E-state index >= 15 is 0 Å². The molecule has 2 saturated heterocycles. The highest BCUT2D eigenvalue weighted by atomic mass is 35.5. The van der Waals surface area contributed by atoms with Crippen LogP contribution in [0, 0.1) is 68.0 Å². The van der Waals surface area contributed by atoms with Crippen LogP contribution in [0.15, 0.2) is 95.2 Å². The Morgan fingerprint density at radius 3 is 1.29 bits per heavy atom. The number of sulfonamides is 2. The summed E-state index contributed by atoms with van der Waals surface area (Å²) in [7, 11) is -8.22. The van der Waals surface area contributed by atoms with Crippen LogP contribution < -0.4 is 30.0 Å². The molecule has 0 aromatic carbocycles. The van der Waals surface area contributed by atoms with Crippen LogP contribution in [0.4, 0.5) is 21.2 Å². The predicted molar refractivity (Wildman–Crippen MR) is 440 cm³/mol. The van der Waals surface area contributed by atoms with Crippen molar-refractivity contribution in [2.45, 2.75) is 246 Å². The number of carboxylic acid groups (broad SMARTS) is 1. The highest BCUT2D eigenvalue weighted by Gasteiger charge is 2.86. The Morgan fingerprint density at radius 2 is 0.930 bits per heavy atom. The van der Waals surface area contributed by atoms with Crippen molar-refractivity contribution in [3.63, 3.8) is 0 Å². The third-order valence-corrected chi connectivity index (χ3v) is 27.0. The van der Waals surface area contributed by atoms with E-state index in [2.05, 4.69) is 115 Å². The van der Waals surface area contributed by atoms with Crippen molar-refractivity contribution in [3.05, 3.63) is 107 Å². The number of nitrogens with zero attached hydrogens (tertiary/aromatic N) is 10. The number of nitrogens with two attached hydrogens (primary N) is 1. The van der Waals surface area contributed by atoms with Gasteiger partial charge in [0.2, 0.25) is 11.8 Å². The maximum Gasteiger partial charge on any atom is 0.410 e. The van der Waals surface area contributed by atoms with Gasteiger partial charge in [-0.3, -0.25) is 4.79 Å². The van der Waals surface area contributed by atoms with Crippen molar-refractivity contribution in [1.82, 2.24) is 54.0 Å². The highest BCUT2D eigenvalue weighted by Crippen LogP contribution is 2.94. The molecular formula is C84H118Cl2N14O13S2. The summed E-state index contributed by atoms with van der Waals surface area (Å²) in [6.07, 6.45) is 21.7. The van der Waals surface area contributed by atoms with Gasteiger partial charge in [0, 0.05) is 61.8 Å². The summed E-state index contributed by atoms with van der Waals surface area (Å²) in [6.45, 7) is 36.6. The molecule has 8 heterocycles. The first-order valence-electron chi connectivity index (χ1n) is 40.5. The fourth-order valence-electron chi connectivity index (χ4n) is 19.3. The molecule has 6 N–H and O–H groups in total. The van der Waals surface area contributed by atoms with Gasteiger partial charge in [-0.15, -0.1) is 10.2 Å². The normalized spacial score (nSPS) is 20.8. The molecule has 27 nitrogen and oxygen atoms in total. The second-order valence-electron chi connectivity index (χ2n) is 39.2. The number of nitrogens with one attached hydrogen (secondary N) is 3. The fraction of sp³-hybridized carbons (Fsp3) is 0.643. The molecule has 6 aromatic rings. The van der Waals surface area contributed by atoms with Crippen molar-refractivity contribution in [1.29, 1.82) is 0 Å². The molecule has 115 heavy (non-hydrogen) atoms. The lowest BCUT2D eigenvalue weighted by molar-refractivity contribution is 0.0118. The number of likely N-dealkylation sites (tertiary alicyclic amines) is 2. The number of aromatic nitrogens is 8. The summed E-state index contributed by atoms with van der Waals surface area (Å²) in [5.74, 6) is 3.48. The van der Waals surface area contributed by atoms with Gasteiger partial charge in [-0.05, 0) is 288 Å². The fourth-order valence-corrected chi connectivity index (χ4v) is 21.2. The van der Waals surface area contributed by atoms with Crippen molar-refractivity contribution in [2.75, 3.05) is 50.0 Å². The molecule has 4 spiro atoms. The van der Waals surface area contributed by atoms with E-state index in [1.54, 1.807) is 60.9 Å². The molecule has 0 radical (unpaired) electrons. The lowest BCUT2D eigenvalue weighted by Crippen LogP contribution is -2.45. The zero-order valence-corrected chi connectivity index (χ0v) is 72.7. The molecule has 3 amide bonds. The summed E-state index contributed by atoms with van der Waals surface area (Å²) in [5, 5.41) is 29.0. The lowest BCUT2D eigenvalue weighted by Gasteiger charge is -2.33. The Hall–Kier alpha value is -7.86. The standard InChI is InChI=1S/C42H58ClN7O6S.C24H42N4O4S.C18H18ClN3O3/c1-38(2,3)23-27(22-28-24-40(7,8)49(26-28)37(52)56-39(4,5)6)25-44-31-10-9-11-34(45-31)57(53,54)48-36(51)29-12-13-32(46-35(29)43)50-20-14-33(47-50)55-21-15-30-41(16-17-41)42(30)18-19-42;1-22(2,3)13-17(15-26-19-10-9-11-20(27-19)33(25,30)31)12-18-14-24(7,8)28(16-18)21(29)32-23(4,5)6;19-15-11(16(23)24)1-2-13(20-15)22-9-3-14(21-22)25-10-4-12-17(5-6-17)18(12)7-8-18/h9-14,20,27-28,30H,15-19,21-26H2,1-8H3,(H,44,45)(H,48,51);9-11,17-18H,12-16H2,1-8H3,(H,26,27)(H2,25,30,31);1-3,9,12H,4-8,10H2,(H,23,24)/t27?,28-;17?,18-;/m00./s1. The molecule has 6 aliphatic carbocycles. The molecule has 8 fully saturated rings. The van der Waals surface area contributed by atoms with Crippen LogP contribution in [0.3, 0.4) is 0 Å². The lowest BCUT2D eigenvalue weighted by atomic mass is 9.79. The van der Waals surface area contributed by atoms with Gasteiger partial charge < -0.3 is 44.5 Å². The SMILES string of the molecule is CC(C)(C)CC(CNc1cccc(S(=O)(=O)NC(=O)c2ccc(-n3ccc(OCCC4C5(CC5)C45CC5)n3)nc2Cl)n1)C[C@@H]1CN(C(=O)OC(C)(C)C)C(C)(C)C1.CC(C)(C)CC(CNc1cccc(S(N)(=O)=O)n1)C[C@@H]1CN(C(=O)OC(C)(C)C)C(C)(C)C1.O=C(O)c1ccc(-n2ccc(OCCC3C4(CC4)C34CC4)n2)nc1Cl. The maximum absolute atomic E-state index is 13.4. The molecular weight excluding hydrogens is 1550 g/mol. The Balaban J connectivity index is 0.000000177. The van der Waals surface area contributed by atoms with E-state index in [0.29, 0.717) is 108 Å². The van der Waals surface area contributed by atoms with Gasteiger partial charge in [-0.2, -0.15) is 8.42 Å². The van der Waals surface area contributed by atoms with Gasteiger partial charge in [0.15, 0.2) is 21.7 Å². The Kier molecular flexibility index (Phi) is 24.2. The quantitative estimate of drug-likeness (QED) is 0.0299. The van der Waals surface area contributed by atoms with E-state index in [1.165, 1.54) is 85.0 Å². The van der Waals surface area contributed by atoms with Crippen LogP contribution in [-0.4, -0.2) is 157 Å². The minimum Gasteiger partial charge on any atom is -0.478 e. The number of ether oxygens (including phenoxy) is 4. The number of halogens is 2. The van der Waals surface area contributed by atoms with E-state index < -0.39 is 43.1 Å². The monoisotopic (exact) mass is 1660 g/mol. The van der Waals surface area contributed by atoms with E-state index in [-0.39, 0.29) is 77.4 Å². The minimum absolute atomic E-state index is 0.0264. The first-order chi connectivity index (χ1) is 53.5. The van der Waals surface area contributed by atoms with Crippen LogP contribution in [-0.2, 0) is 29.5 Å². The molecule has 8 aliphatic rings. The van der Waals surface area contributed by atoms with Crippen LogP contribution in [0.2, 0.25) is 10.3 Å². The van der Waals surface area contributed by atoms with Crippen LogP contribution in [0.1, 0.15) is 234 Å². The van der Waals surface area contributed by atoms with Crippen molar-refractivity contribution in [3.8, 4) is 23.4 Å². The van der Waals surface area contributed by atoms with E-state index in [0.717, 1.165) is 63.2 Å². The van der Waals surface area contributed by atoms with Gasteiger partial charge in [0.05, 0.1) is 24.3 Å². The van der Waals surface area contributed by atoms with Crippen molar-refractivity contribution in [2.24, 2.45) is 73.1 Å². The number of carbonyl (C=O) groups is 4. The molecule has 31 heteroatoms. The van der Waals surface area contributed by atoms with Crippen LogP contribution in [0.5, 0.6) is 11.8 Å². The molecule has 2 aliphatic heterocycles. The Bertz CT molecular complexity index is 4780. The topological polar surface area (TPSA) is 350 Å². The maximum atomic E-state index is 13.4. The number of anilines is 2. The third-order valence-electron chi connectivity index (χ3n) is 24.4. The molecule has 6 saturated carbocycles. The van der Waals surface area contributed by atoms with E-state index in [4.69, 9.17) is 52.4 Å². The first kappa shape index (κ1) is 86.5. The van der Waals surface area contributed by atoms with E-state index in [9.17, 15) is 36.0 Å². The zero-order valence-electron chi connectivity index (χ0n) is 69.6. The number of aromatic carboxylic acids is 1. The Labute approximate surface area is 687 Å². The molecule has 2 unspecified atom stereocenters. The second kappa shape index (κ2) is 32.1. The smallest absolute Gasteiger partial charge is 0.410 e. The number of rotatable bonds is 27. The summed E-state index contributed by atoms with van der Waals surface area (Å²) < 4.78 is 78.3. The largest absolute Gasteiger partial charge is 0.478 e. The summed E-state index contributed by atoms with van der Waals surface area (Å²) in [6, 6.07) is 18.9. The number of hydrogen-bond donors (Lipinski definition) is 5. The molecule has 628 valence electrons. The first-order valence-corrected chi connectivity index (χ1v) is 44.3. The third kappa shape index (κ3) is 20.8. The van der Waals surface area contributed by atoms with Gasteiger partial charge in [-0.25, -0.2) is 62.0 Å². The summed E-state index contributed by atoms with van der Waals surface area (Å²) in [4.78, 5) is 70.7. The van der Waals surface area contributed by atoms with Gasteiger partial charge in [0.25, 0.3) is 26.0 Å². The van der Waals surface area contributed by atoms with E-state index in [1.807, 2.05) is 51.3 Å². The summed E-state index contributed by atoms with van der Waals surface area (Å²) in [5.41, 5.74) is 1.02. The zero-order chi connectivity index (χ0) is 83.7. The average Bonchev–Trinajstić information content (AvgIpc) is 1.45. The van der Waals surface area contributed by atoms with Gasteiger partial charge in [-0.1, -0.05) is 76.9 Å². The average molecular weight is 1670 g/mol. The van der Waals surface area contributed by atoms with Gasteiger partial charge >= 0.3 is 18.2 Å². The number of amides is 3. The van der Waals surface area contributed by atoms with Crippen LogP contribution >= 0.6 is 23.2 Å². The number of hydrogen-bond acceptors (Lipinski definition) is 20. The van der Waals surface area contributed by atoms with Crippen molar-refractivity contribution >= 4 is 78.9 Å². The van der Waals surface area contributed by atoms with Crippen LogP contribution in [0.25, 0.3) is 11.6 Å².